The molecule has 0 aliphatic rings. The molecule has 0 aliphatic heterocycles. The van der Waals surface area contributed by atoms with E-state index in [1.165, 1.54) is 11.8 Å². The van der Waals surface area contributed by atoms with Crippen LogP contribution in [0.2, 0.25) is 0 Å². The van der Waals surface area contributed by atoms with Crippen LogP contribution < -0.4 is 0 Å². The maximum atomic E-state index is 11.4. The Morgan fingerprint density at radius 3 is 2.44 bits per heavy atom. The number of rotatable bonds is 4. The summed E-state index contributed by atoms with van der Waals surface area (Å²) in [7, 11) is 0. The molecule has 2 aromatic rings. The van der Waals surface area contributed by atoms with Crippen molar-refractivity contribution >= 4 is 17.7 Å². The Bertz CT molecular complexity index is 550. The Hall–Kier alpha value is -1.74. The van der Waals surface area contributed by atoms with E-state index in [1.807, 2.05) is 55.5 Å². The summed E-state index contributed by atoms with van der Waals surface area (Å²) in [6.45, 7) is 1.97. The zero-order chi connectivity index (χ0) is 13.0. The van der Waals surface area contributed by atoms with Crippen molar-refractivity contribution in [3.8, 4) is 0 Å². The highest BCUT2D eigenvalue weighted by Gasteiger charge is 2.14. The van der Waals surface area contributed by atoms with E-state index in [-0.39, 0.29) is 0 Å². The van der Waals surface area contributed by atoms with Gasteiger partial charge in [0.05, 0.1) is 5.56 Å². The summed E-state index contributed by atoms with van der Waals surface area (Å²) in [6.07, 6.45) is 0.727. The van der Waals surface area contributed by atoms with Crippen LogP contribution >= 0.6 is 11.8 Å². The number of aromatic carboxylic acids is 1. The van der Waals surface area contributed by atoms with Gasteiger partial charge in [-0.1, -0.05) is 49.0 Å². The number of aryl methyl sites for hydroxylation is 1. The predicted molar refractivity (Wildman–Crippen MR) is 73.3 cm³/mol. The van der Waals surface area contributed by atoms with Crippen molar-refractivity contribution in [2.24, 2.45) is 0 Å². The standard InChI is InChI=1S/C15H14O2S/c1-2-11-7-6-10-13(14(11)15(16)17)18-12-8-4-3-5-9-12/h3-10H,2H2,1H3,(H,16,17). The fraction of sp³-hybridized carbons (Fsp3) is 0.133. The fourth-order valence-electron chi connectivity index (χ4n) is 1.81. The smallest absolute Gasteiger partial charge is 0.337 e. The summed E-state index contributed by atoms with van der Waals surface area (Å²) in [5, 5.41) is 9.34. The van der Waals surface area contributed by atoms with Gasteiger partial charge in [-0.3, -0.25) is 0 Å². The van der Waals surface area contributed by atoms with E-state index >= 15 is 0 Å². The molecule has 0 unspecified atom stereocenters. The topological polar surface area (TPSA) is 37.3 Å². The maximum absolute atomic E-state index is 11.4. The number of hydrogen-bond acceptors (Lipinski definition) is 2. The van der Waals surface area contributed by atoms with E-state index < -0.39 is 5.97 Å². The Kier molecular flexibility index (Phi) is 4.05. The summed E-state index contributed by atoms with van der Waals surface area (Å²) < 4.78 is 0. The van der Waals surface area contributed by atoms with Gasteiger partial charge in [-0.2, -0.15) is 0 Å². The van der Waals surface area contributed by atoms with E-state index in [0.29, 0.717) is 5.56 Å². The molecule has 0 spiro atoms. The molecule has 0 radical (unpaired) electrons. The van der Waals surface area contributed by atoms with E-state index in [2.05, 4.69) is 0 Å². The van der Waals surface area contributed by atoms with Crippen LogP contribution in [0.25, 0.3) is 0 Å². The van der Waals surface area contributed by atoms with Gasteiger partial charge in [0, 0.05) is 9.79 Å². The van der Waals surface area contributed by atoms with Crippen LogP contribution in [0.5, 0.6) is 0 Å². The number of carbonyl (C=O) groups is 1. The SMILES string of the molecule is CCc1cccc(Sc2ccccc2)c1C(=O)O. The van der Waals surface area contributed by atoms with Gasteiger partial charge in [0.15, 0.2) is 0 Å². The summed E-state index contributed by atoms with van der Waals surface area (Å²) >= 11 is 1.49. The molecule has 0 aromatic heterocycles. The largest absolute Gasteiger partial charge is 0.478 e. The molecule has 2 aromatic carbocycles. The molecule has 1 N–H and O–H groups in total. The lowest BCUT2D eigenvalue weighted by atomic mass is 10.1. The van der Waals surface area contributed by atoms with Gasteiger partial charge >= 0.3 is 5.97 Å². The monoisotopic (exact) mass is 258 g/mol. The molecule has 0 aliphatic carbocycles. The van der Waals surface area contributed by atoms with E-state index in [1.54, 1.807) is 0 Å². The quantitative estimate of drug-likeness (QED) is 0.897. The Morgan fingerprint density at radius 2 is 1.83 bits per heavy atom. The molecule has 0 amide bonds. The molecule has 0 fully saturated rings. The van der Waals surface area contributed by atoms with Crippen LogP contribution in [-0.2, 0) is 6.42 Å². The highest BCUT2D eigenvalue weighted by atomic mass is 32.2. The Balaban J connectivity index is 2.42. The molecule has 92 valence electrons. The lowest BCUT2D eigenvalue weighted by Crippen LogP contribution is -2.03. The minimum Gasteiger partial charge on any atom is -0.478 e. The van der Waals surface area contributed by atoms with Crippen molar-refractivity contribution in [2.45, 2.75) is 23.1 Å². The molecule has 0 atom stereocenters. The lowest BCUT2D eigenvalue weighted by molar-refractivity contribution is 0.0692. The second-order valence-corrected chi connectivity index (χ2v) is 4.98. The van der Waals surface area contributed by atoms with Gasteiger partial charge in [0.1, 0.15) is 0 Å². The zero-order valence-electron chi connectivity index (χ0n) is 10.1. The minimum atomic E-state index is -0.856. The van der Waals surface area contributed by atoms with Gasteiger partial charge in [-0.15, -0.1) is 0 Å². The van der Waals surface area contributed by atoms with Crippen LogP contribution in [0.15, 0.2) is 58.3 Å². The van der Waals surface area contributed by atoms with Gasteiger partial charge in [-0.25, -0.2) is 4.79 Å². The highest BCUT2D eigenvalue weighted by molar-refractivity contribution is 7.99. The van der Waals surface area contributed by atoms with Crippen molar-refractivity contribution in [3.05, 3.63) is 59.7 Å². The summed E-state index contributed by atoms with van der Waals surface area (Å²) in [6, 6.07) is 15.5. The average molecular weight is 258 g/mol. The van der Waals surface area contributed by atoms with Crippen molar-refractivity contribution in [3.63, 3.8) is 0 Å². The molecule has 2 nitrogen and oxygen atoms in total. The van der Waals surface area contributed by atoms with Crippen molar-refractivity contribution in [2.75, 3.05) is 0 Å². The van der Waals surface area contributed by atoms with Crippen LogP contribution in [0.1, 0.15) is 22.8 Å². The molecular formula is C15H14O2S. The molecule has 18 heavy (non-hydrogen) atoms. The van der Waals surface area contributed by atoms with Gasteiger partial charge in [0.25, 0.3) is 0 Å². The molecule has 3 heteroatoms. The molecule has 0 bridgehead atoms. The van der Waals surface area contributed by atoms with Crippen LogP contribution in [0, 0.1) is 0 Å². The third kappa shape index (κ3) is 2.74. The van der Waals surface area contributed by atoms with E-state index in [4.69, 9.17) is 0 Å². The Labute approximate surface area is 111 Å². The second-order valence-electron chi connectivity index (χ2n) is 3.86. The first kappa shape index (κ1) is 12.7. The second kappa shape index (κ2) is 5.74. The average Bonchev–Trinajstić information content (AvgIpc) is 2.39. The third-order valence-corrected chi connectivity index (χ3v) is 3.75. The molecule has 0 heterocycles. The fourth-order valence-corrected chi connectivity index (χ4v) is 2.83. The van der Waals surface area contributed by atoms with Gasteiger partial charge < -0.3 is 5.11 Å². The van der Waals surface area contributed by atoms with Crippen LogP contribution in [0.4, 0.5) is 0 Å². The zero-order valence-corrected chi connectivity index (χ0v) is 10.9. The van der Waals surface area contributed by atoms with Crippen LogP contribution in [0.3, 0.4) is 0 Å². The first-order valence-electron chi connectivity index (χ1n) is 5.80. The van der Waals surface area contributed by atoms with Crippen LogP contribution in [-0.4, -0.2) is 11.1 Å². The molecule has 0 saturated carbocycles. The number of hydrogen-bond donors (Lipinski definition) is 1. The Morgan fingerprint density at radius 1 is 1.11 bits per heavy atom. The lowest BCUT2D eigenvalue weighted by Gasteiger charge is -2.09. The maximum Gasteiger partial charge on any atom is 0.337 e. The third-order valence-electron chi connectivity index (χ3n) is 2.68. The molecule has 0 saturated heterocycles. The first-order chi connectivity index (χ1) is 8.72. The predicted octanol–water partition coefficient (Wildman–Crippen LogP) is 4.10. The van der Waals surface area contributed by atoms with Crippen molar-refractivity contribution in [1.29, 1.82) is 0 Å². The van der Waals surface area contributed by atoms with Crippen molar-refractivity contribution in [1.82, 2.24) is 0 Å². The van der Waals surface area contributed by atoms with Crippen molar-refractivity contribution < 1.29 is 9.90 Å². The molecule has 2 rings (SSSR count). The first-order valence-corrected chi connectivity index (χ1v) is 6.62. The molecular weight excluding hydrogens is 244 g/mol. The summed E-state index contributed by atoms with van der Waals surface area (Å²) in [5.41, 5.74) is 1.30. The number of benzene rings is 2. The number of carboxylic acid groups (broad SMARTS) is 1. The number of carboxylic acids is 1. The van der Waals surface area contributed by atoms with Gasteiger partial charge in [0.2, 0.25) is 0 Å². The summed E-state index contributed by atoms with van der Waals surface area (Å²) in [5.74, 6) is -0.856. The van der Waals surface area contributed by atoms with E-state index in [0.717, 1.165) is 21.8 Å². The minimum absolute atomic E-state index is 0.425. The normalized spacial score (nSPS) is 10.3. The van der Waals surface area contributed by atoms with E-state index in [9.17, 15) is 9.90 Å². The summed E-state index contributed by atoms with van der Waals surface area (Å²) in [4.78, 5) is 13.2. The van der Waals surface area contributed by atoms with Gasteiger partial charge in [-0.05, 0) is 30.2 Å². The highest BCUT2D eigenvalue weighted by Crippen LogP contribution is 2.32.